The molecule has 2 aromatic rings. The maximum absolute atomic E-state index is 13.8. The van der Waals surface area contributed by atoms with E-state index in [1.807, 2.05) is 26.4 Å². The number of anilines is 1. The summed E-state index contributed by atoms with van der Waals surface area (Å²) in [6.45, 7) is 3.48. The fraction of sp³-hybridized carbons (Fsp3) is 0.682. The third-order valence-corrected chi connectivity index (χ3v) is 8.76. The van der Waals surface area contributed by atoms with Crippen LogP contribution in [-0.2, 0) is 10.2 Å². The summed E-state index contributed by atoms with van der Waals surface area (Å²) in [5.41, 5.74) is 0.432. The molecule has 1 saturated carbocycles. The van der Waals surface area contributed by atoms with Gasteiger partial charge >= 0.3 is 0 Å². The molecule has 33 heavy (non-hydrogen) atoms. The molecule has 0 amide bonds. The molecule has 2 aromatic heterocycles. The molecule has 1 aliphatic heterocycles. The molecule has 2 aliphatic rings. The van der Waals surface area contributed by atoms with Crippen molar-refractivity contribution in [1.82, 2.24) is 28.5 Å². The third-order valence-electron chi connectivity index (χ3n) is 6.61. The van der Waals surface area contributed by atoms with E-state index in [0.29, 0.717) is 45.6 Å². The zero-order valence-corrected chi connectivity index (χ0v) is 20.4. The van der Waals surface area contributed by atoms with Crippen molar-refractivity contribution in [3.05, 3.63) is 18.6 Å². The molecule has 1 N–H and O–H groups in total. The summed E-state index contributed by atoms with van der Waals surface area (Å²) in [5.74, 6) is 0.865. The molecular weight excluding hydrogens is 440 g/mol. The molecule has 1 spiro atoms. The van der Waals surface area contributed by atoms with E-state index in [2.05, 4.69) is 30.8 Å². The molecule has 4 rings (SSSR count). The van der Waals surface area contributed by atoms with Crippen LogP contribution in [0.3, 0.4) is 0 Å². The van der Waals surface area contributed by atoms with Gasteiger partial charge in [0.1, 0.15) is 17.8 Å². The van der Waals surface area contributed by atoms with Gasteiger partial charge < -0.3 is 14.8 Å². The predicted molar refractivity (Wildman–Crippen MR) is 128 cm³/mol. The number of aromatic amines is 1. The van der Waals surface area contributed by atoms with Crippen LogP contribution in [0.5, 0.6) is 0 Å². The number of nitriles is 1. The molecule has 1 aliphatic carbocycles. The molecule has 0 atom stereocenters. The minimum Gasteiger partial charge on any atom is -0.353 e. The highest BCUT2D eigenvalue weighted by Gasteiger charge is 2.57. The molecule has 0 unspecified atom stereocenters. The number of piperazine rings is 1. The van der Waals surface area contributed by atoms with Crippen LogP contribution in [0.25, 0.3) is 11.0 Å². The standard InChI is InChI=1S/C22H34N8O2S/c1-27(2)12-6-14-29(13-5-3-4-10-23)33(31,32)30-16-15-28(17-22(30)8-9-22)21-19-7-11-24-20(19)25-18-26-21/h7,11,18H,3-6,8-9,12-17H2,1-2H3,(H,24,25,26). The minimum atomic E-state index is -3.59. The Kier molecular flexibility index (Phi) is 7.19. The van der Waals surface area contributed by atoms with Crippen LogP contribution in [0.1, 0.15) is 38.5 Å². The van der Waals surface area contributed by atoms with Gasteiger partial charge in [0.05, 0.1) is 17.0 Å². The molecule has 0 radical (unpaired) electrons. The minimum absolute atomic E-state index is 0.364. The topological polar surface area (TPSA) is 112 Å². The lowest BCUT2D eigenvalue weighted by molar-refractivity contribution is 0.240. The zero-order valence-electron chi connectivity index (χ0n) is 19.6. The average molecular weight is 475 g/mol. The quantitative estimate of drug-likeness (QED) is 0.494. The van der Waals surface area contributed by atoms with E-state index < -0.39 is 10.2 Å². The molecule has 180 valence electrons. The molecule has 0 bridgehead atoms. The average Bonchev–Trinajstić information content (AvgIpc) is 3.35. The first-order valence-corrected chi connectivity index (χ1v) is 13.1. The number of unbranched alkanes of at least 4 members (excludes halogenated alkanes) is 2. The Morgan fingerprint density at radius 2 is 1.94 bits per heavy atom. The largest absolute Gasteiger partial charge is 0.353 e. The van der Waals surface area contributed by atoms with Gasteiger partial charge in [0.25, 0.3) is 10.2 Å². The monoisotopic (exact) mass is 474 g/mol. The number of aromatic nitrogens is 3. The lowest BCUT2D eigenvalue weighted by atomic mass is 10.2. The van der Waals surface area contributed by atoms with Crippen LogP contribution in [-0.4, -0.2) is 95.8 Å². The maximum atomic E-state index is 13.8. The molecule has 1 saturated heterocycles. The van der Waals surface area contributed by atoms with Crippen LogP contribution in [0.2, 0.25) is 0 Å². The highest BCUT2D eigenvalue weighted by Crippen LogP contribution is 2.47. The van der Waals surface area contributed by atoms with Crippen molar-refractivity contribution in [1.29, 1.82) is 5.26 Å². The van der Waals surface area contributed by atoms with Crippen molar-refractivity contribution in [2.24, 2.45) is 0 Å². The lowest BCUT2D eigenvalue weighted by Crippen LogP contribution is -2.60. The van der Waals surface area contributed by atoms with Gasteiger partial charge in [-0.1, -0.05) is 0 Å². The lowest BCUT2D eigenvalue weighted by Gasteiger charge is -2.43. The molecule has 3 heterocycles. The fourth-order valence-electron chi connectivity index (χ4n) is 4.70. The maximum Gasteiger partial charge on any atom is 0.282 e. The van der Waals surface area contributed by atoms with E-state index in [0.717, 1.165) is 49.1 Å². The first-order valence-electron chi connectivity index (χ1n) is 11.7. The SMILES string of the molecule is CN(C)CCCN(CCCCC#N)S(=O)(=O)N1CCN(c2ncnc3[nH]ccc23)CC12CC2. The van der Waals surface area contributed by atoms with Gasteiger partial charge in [-0.2, -0.15) is 22.3 Å². The van der Waals surface area contributed by atoms with Gasteiger partial charge in [0.15, 0.2) is 0 Å². The number of rotatable bonds is 11. The van der Waals surface area contributed by atoms with Gasteiger partial charge in [-0.25, -0.2) is 9.97 Å². The molecule has 11 heteroatoms. The number of nitrogens with one attached hydrogen (secondary N) is 1. The number of fused-ring (bicyclic) bond motifs is 1. The van der Waals surface area contributed by atoms with Crippen molar-refractivity contribution in [2.45, 2.75) is 44.1 Å². The summed E-state index contributed by atoms with van der Waals surface area (Å²) in [6.07, 6.45) is 7.81. The van der Waals surface area contributed by atoms with Gasteiger partial charge in [0.2, 0.25) is 0 Å². The van der Waals surface area contributed by atoms with E-state index in [9.17, 15) is 8.42 Å². The smallest absolute Gasteiger partial charge is 0.282 e. The summed E-state index contributed by atoms with van der Waals surface area (Å²) in [7, 11) is 0.406. The zero-order chi connectivity index (χ0) is 23.5. The van der Waals surface area contributed by atoms with E-state index in [-0.39, 0.29) is 5.54 Å². The summed E-state index contributed by atoms with van der Waals surface area (Å²) >= 11 is 0. The van der Waals surface area contributed by atoms with Gasteiger partial charge in [-0.05, 0) is 58.8 Å². The summed E-state index contributed by atoms with van der Waals surface area (Å²) in [6, 6.07) is 4.13. The Morgan fingerprint density at radius 3 is 2.67 bits per heavy atom. The summed E-state index contributed by atoms with van der Waals surface area (Å²) in [4.78, 5) is 16.2. The second-order valence-electron chi connectivity index (χ2n) is 9.33. The normalized spacial score (nSPS) is 18.5. The highest BCUT2D eigenvalue weighted by molar-refractivity contribution is 7.86. The second-order valence-corrected chi connectivity index (χ2v) is 11.2. The van der Waals surface area contributed by atoms with Crippen molar-refractivity contribution in [3.8, 4) is 6.07 Å². The van der Waals surface area contributed by atoms with Gasteiger partial charge in [-0.3, -0.25) is 0 Å². The highest BCUT2D eigenvalue weighted by atomic mass is 32.2. The number of hydrogen-bond acceptors (Lipinski definition) is 7. The molecule has 2 fully saturated rings. The predicted octanol–water partition coefficient (Wildman–Crippen LogP) is 1.80. The van der Waals surface area contributed by atoms with E-state index in [1.165, 1.54) is 0 Å². The van der Waals surface area contributed by atoms with Crippen molar-refractivity contribution in [3.63, 3.8) is 0 Å². The Hall–Kier alpha value is -2.26. The van der Waals surface area contributed by atoms with Crippen LogP contribution in [0.4, 0.5) is 5.82 Å². The van der Waals surface area contributed by atoms with Crippen LogP contribution in [0, 0.1) is 11.3 Å². The van der Waals surface area contributed by atoms with Crippen molar-refractivity contribution in [2.75, 3.05) is 58.3 Å². The van der Waals surface area contributed by atoms with Crippen LogP contribution >= 0.6 is 0 Å². The van der Waals surface area contributed by atoms with E-state index in [1.54, 1.807) is 14.9 Å². The summed E-state index contributed by atoms with van der Waals surface area (Å²) in [5, 5.41) is 9.80. The second kappa shape index (κ2) is 9.93. The van der Waals surface area contributed by atoms with Crippen LogP contribution in [0.15, 0.2) is 18.6 Å². The molecule has 0 aromatic carbocycles. The number of hydrogen-bond donors (Lipinski definition) is 1. The Bertz CT molecular complexity index is 1090. The van der Waals surface area contributed by atoms with E-state index >= 15 is 0 Å². The van der Waals surface area contributed by atoms with Crippen molar-refractivity contribution < 1.29 is 8.42 Å². The Morgan fingerprint density at radius 1 is 1.15 bits per heavy atom. The van der Waals surface area contributed by atoms with Gasteiger partial charge in [-0.15, -0.1) is 0 Å². The third kappa shape index (κ3) is 5.14. The first kappa shape index (κ1) is 23.9. The molecule has 10 nitrogen and oxygen atoms in total. The van der Waals surface area contributed by atoms with Crippen LogP contribution < -0.4 is 4.90 Å². The Labute approximate surface area is 196 Å². The molecular formula is C22H34N8O2S. The van der Waals surface area contributed by atoms with E-state index in [4.69, 9.17) is 5.26 Å². The first-order chi connectivity index (χ1) is 15.9. The summed E-state index contributed by atoms with van der Waals surface area (Å²) < 4.78 is 31.0. The van der Waals surface area contributed by atoms with Gasteiger partial charge in [0, 0.05) is 45.3 Å². The Balaban J connectivity index is 1.50. The number of H-pyrrole nitrogens is 1. The number of nitrogens with zero attached hydrogens (tertiary/aromatic N) is 7. The van der Waals surface area contributed by atoms with Crippen molar-refractivity contribution >= 4 is 27.1 Å². The fourth-order valence-corrected chi connectivity index (χ4v) is 6.74.